The van der Waals surface area contributed by atoms with Crippen molar-refractivity contribution in [3.8, 4) is 17.2 Å². The van der Waals surface area contributed by atoms with Crippen molar-refractivity contribution in [2.24, 2.45) is 0 Å². The maximum absolute atomic E-state index is 12.3. The van der Waals surface area contributed by atoms with Crippen molar-refractivity contribution in [3.05, 3.63) is 84.4 Å². The monoisotopic (exact) mass is 361 g/mol. The van der Waals surface area contributed by atoms with E-state index >= 15 is 0 Å². The van der Waals surface area contributed by atoms with Gasteiger partial charge in [-0.1, -0.05) is 42.5 Å². The first-order chi connectivity index (χ1) is 13.1. The minimum Gasteiger partial charge on any atom is -0.484 e. The highest BCUT2D eigenvalue weighted by atomic mass is 16.5. The van der Waals surface area contributed by atoms with E-state index in [0.29, 0.717) is 28.5 Å². The van der Waals surface area contributed by atoms with Crippen LogP contribution in [0.3, 0.4) is 0 Å². The summed E-state index contributed by atoms with van der Waals surface area (Å²) in [5, 5.41) is 2.78. The third-order valence-corrected chi connectivity index (χ3v) is 3.74. The summed E-state index contributed by atoms with van der Waals surface area (Å²) in [6, 6.07) is 23.2. The number of hydrogen-bond acceptors (Lipinski definition) is 4. The topological polar surface area (TPSA) is 64.6 Å². The second-order valence-corrected chi connectivity index (χ2v) is 5.83. The molecular formula is C22H19NO4. The van der Waals surface area contributed by atoms with Gasteiger partial charge in [-0.05, 0) is 43.3 Å². The summed E-state index contributed by atoms with van der Waals surface area (Å²) in [6.45, 7) is 1.30. The van der Waals surface area contributed by atoms with Crippen molar-refractivity contribution in [3.63, 3.8) is 0 Å². The number of carbonyl (C=O) groups excluding carboxylic acids is 2. The summed E-state index contributed by atoms with van der Waals surface area (Å²) in [4.78, 5) is 23.7. The van der Waals surface area contributed by atoms with Crippen LogP contribution < -0.4 is 14.8 Å². The third-order valence-electron chi connectivity index (χ3n) is 3.74. The average Bonchev–Trinajstić information content (AvgIpc) is 2.69. The van der Waals surface area contributed by atoms with E-state index < -0.39 is 0 Å². The summed E-state index contributed by atoms with van der Waals surface area (Å²) in [5.74, 6) is 1.29. The number of rotatable bonds is 7. The number of carbonyl (C=O) groups is 2. The van der Waals surface area contributed by atoms with Crippen LogP contribution in [0.2, 0.25) is 0 Å². The molecule has 0 unspecified atom stereocenters. The van der Waals surface area contributed by atoms with E-state index in [-0.39, 0.29) is 18.3 Å². The molecule has 3 aromatic carbocycles. The van der Waals surface area contributed by atoms with Gasteiger partial charge in [-0.3, -0.25) is 9.59 Å². The number of Topliss-reactive ketones (excluding diaryl/α,β-unsaturated/α-hetero) is 1. The van der Waals surface area contributed by atoms with Crippen molar-refractivity contribution in [1.29, 1.82) is 0 Å². The molecular weight excluding hydrogens is 342 g/mol. The zero-order valence-corrected chi connectivity index (χ0v) is 14.8. The SMILES string of the molecule is CC(=O)c1cccc(OCC(=O)Nc2ccccc2Oc2ccccc2)c1. The molecule has 3 rings (SSSR count). The van der Waals surface area contributed by atoms with Gasteiger partial charge in [0.1, 0.15) is 11.5 Å². The van der Waals surface area contributed by atoms with Crippen molar-refractivity contribution in [1.82, 2.24) is 0 Å². The lowest BCUT2D eigenvalue weighted by atomic mass is 10.1. The van der Waals surface area contributed by atoms with Gasteiger partial charge in [-0.2, -0.15) is 0 Å². The number of ether oxygens (including phenoxy) is 2. The number of hydrogen-bond donors (Lipinski definition) is 1. The zero-order chi connectivity index (χ0) is 19.1. The zero-order valence-electron chi connectivity index (χ0n) is 14.8. The highest BCUT2D eigenvalue weighted by Gasteiger charge is 2.10. The predicted octanol–water partition coefficient (Wildman–Crippen LogP) is 4.70. The van der Waals surface area contributed by atoms with E-state index in [1.165, 1.54) is 6.92 Å². The molecule has 27 heavy (non-hydrogen) atoms. The lowest BCUT2D eigenvalue weighted by molar-refractivity contribution is -0.118. The summed E-state index contributed by atoms with van der Waals surface area (Å²) in [6.07, 6.45) is 0. The van der Waals surface area contributed by atoms with Gasteiger partial charge in [0.2, 0.25) is 0 Å². The number of ketones is 1. The van der Waals surface area contributed by atoms with Gasteiger partial charge in [0, 0.05) is 5.56 Å². The molecule has 0 fully saturated rings. The van der Waals surface area contributed by atoms with Crippen LogP contribution in [0.4, 0.5) is 5.69 Å². The fraction of sp³-hybridized carbons (Fsp3) is 0.0909. The Kier molecular flexibility index (Phi) is 5.84. The molecule has 0 aromatic heterocycles. The van der Waals surface area contributed by atoms with Crippen molar-refractivity contribution in [2.75, 3.05) is 11.9 Å². The van der Waals surface area contributed by atoms with Gasteiger partial charge >= 0.3 is 0 Å². The normalized spacial score (nSPS) is 10.1. The second-order valence-electron chi connectivity index (χ2n) is 5.83. The Hall–Kier alpha value is -3.60. The van der Waals surface area contributed by atoms with Crippen molar-refractivity contribution in [2.45, 2.75) is 6.92 Å². The van der Waals surface area contributed by atoms with Gasteiger partial charge in [-0.15, -0.1) is 0 Å². The van der Waals surface area contributed by atoms with Crippen LogP contribution in [-0.4, -0.2) is 18.3 Å². The number of amides is 1. The average molecular weight is 361 g/mol. The molecule has 0 atom stereocenters. The van der Waals surface area contributed by atoms with E-state index in [0.717, 1.165) is 0 Å². The Morgan fingerprint density at radius 2 is 1.56 bits per heavy atom. The highest BCUT2D eigenvalue weighted by molar-refractivity contribution is 5.95. The fourth-order valence-corrected chi connectivity index (χ4v) is 2.41. The summed E-state index contributed by atoms with van der Waals surface area (Å²) in [7, 11) is 0. The Balaban J connectivity index is 1.63. The van der Waals surface area contributed by atoms with E-state index in [1.807, 2.05) is 42.5 Å². The molecule has 1 amide bonds. The van der Waals surface area contributed by atoms with Gasteiger partial charge in [-0.25, -0.2) is 0 Å². The molecule has 5 nitrogen and oxygen atoms in total. The Morgan fingerprint density at radius 1 is 0.852 bits per heavy atom. The van der Waals surface area contributed by atoms with Gasteiger partial charge < -0.3 is 14.8 Å². The molecule has 0 saturated carbocycles. The number of anilines is 1. The highest BCUT2D eigenvalue weighted by Crippen LogP contribution is 2.29. The van der Waals surface area contributed by atoms with Gasteiger partial charge in [0.25, 0.3) is 5.91 Å². The molecule has 0 aliphatic carbocycles. The van der Waals surface area contributed by atoms with Crippen LogP contribution in [0.25, 0.3) is 0 Å². The summed E-state index contributed by atoms with van der Waals surface area (Å²) in [5.41, 5.74) is 1.09. The molecule has 0 bridgehead atoms. The summed E-state index contributed by atoms with van der Waals surface area (Å²) >= 11 is 0. The molecule has 1 N–H and O–H groups in total. The quantitative estimate of drug-likeness (QED) is 0.620. The molecule has 0 spiro atoms. The minimum absolute atomic E-state index is 0.0584. The second kappa shape index (κ2) is 8.67. The lowest BCUT2D eigenvalue weighted by Gasteiger charge is -2.12. The maximum Gasteiger partial charge on any atom is 0.262 e. The molecule has 0 radical (unpaired) electrons. The molecule has 0 aliphatic heterocycles. The van der Waals surface area contributed by atoms with Gasteiger partial charge in [0.15, 0.2) is 18.1 Å². The number of nitrogens with one attached hydrogen (secondary N) is 1. The molecule has 0 saturated heterocycles. The molecule has 136 valence electrons. The number of benzene rings is 3. The molecule has 0 heterocycles. The first-order valence-electron chi connectivity index (χ1n) is 8.47. The smallest absolute Gasteiger partial charge is 0.262 e. The van der Waals surface area contributed by atoms with Crippen LogP contribution >= 0.6 is 0 Å². The predicted molar refractivity (Wildman–Crippen MR) is 104 cm³/mol. The van der Waals surface area contributed by atoms with Crippen LogP contribution in [0.5, 0.6) is 17.2 Å². The van der Waals surface area contributed by atoms with Crippen LogP contribution in [0.1, 0.15) is 17.3 Å². The summed E-state index contributed by atoms with van der Waals surface area (Å²) < 4.78 is 11.3. The first-order valence-corrected chi connectivity index (χ1v) is 8.47. The molecule has 0 aliphatic rings. The first kappa shape index (κ1) is 18.2. The van der Waals surface area contributed by atoms with Crippen LogP contribution in [0, 0.1) is 0 Å². The Morgan fingerprint density at radius 3 is 2.33 bits per heavy atom. The van der Waals surface area contributed by atoms with Crippen molar-refractivity contribution >= 4 is 17.4 Å². The minimum atomic E-state index is -0.327. The van der Waals surface area contributed by atoms with E-state index in [9.17, 15) is 9.59 Å². The van der Waals surface area contributed by atoms with Crippen molar-refractivity contribution < 1.29 is 19.1 Å². The van der Waals surface area contributed by atoms with Gasteiger partial charge in [0.05, 0.1) is 5.69 Å². The fourth-order valence-electron chi connectivity index (χ4n) is 2.41. The third kappa shape index (κ3) is 5.19. The van der Waals surface area contributed by atoms with E-state index in [1.54, 1.807) is 36.4 Å². The Labute approximate surface area is 157 Å². The Bertz CT molecular complexity index is 938. The van der Waals surface area contributed by atoms with Crippen LogP contribution in [-0.2, 0) is 4.79 Å². The number of para-hydroxylation sites is 3. The largest absolute Gasteiger partial charge is 0.484 e. The standard InChI is InChI=1S/C22H19NO4/c1-16(24)17-8-7-11-19(14-17)26-15-22(25)23-20-12-5-6-13-21(20)27-18-9-3-2-4-10-18/h2-14H,15H2,1H3,(H,23,25). The molecule has 5 heteroatoms. The maximum atomic E-state index is 12.3. The van der Waals surface area contributed by atoms with Crippen LogP contribution in [0.15, 0.2) is 78.9 Å². The van der Waals surface area contributed by atoms with E-state index in [2.05, 4.69) is 5.32 Å². The molecule has 3 aromatic rings. The lowest BCUT2D eigenvalue weighted by Crippen LogP contribution is -2.20. The van der Waals surface area contributed by atoms with E-state index in [4.69, 9.17) is 9.47 Å².